The van der Waals surface area contributed by atoms with Crippen molar-refractivity contribution in [2.24, 2.45) is 0 Å². The number of hydrogen-bond donors (Lipinski definition) is 1. The number of imidazole rings is 1. The van der Waals surface area contributed by atoms with Gasteiger partial charge in [0.05, 0.1) is 11.4 Å². The average Bonchev–Trinajstić information content (AvgIpc) is 2.75. The standard InChI is InChI=1S/C11H6FN5/c12-7-2-1-3-9(11(7)15)17-6-16-8(4-13)10(17)5-14/h1-3,6H,15H2. The first-order valence-corrected chi connectivity index (χ1v) is 4.61. The Morgan fingerprint density at radius 1 is 1.29 bits per heavy atom. The van der Waals surface area contributed by atoms with Crippen LogP contribution in [0.4, 0.5) is 10.1 Å². The van der Waals surface area contributed by atoms with E-state index in [1.54, 1.807) is 12.1 Å². The molecule has 0 unspecified atom stereocenters. The number of nitriles is 2. The van der Waals surface area contributed by atoms with E-state index in [4.69, 9.17) is 16.3 Å². The normalized spacial score (nSPS) is 9.59. The van der Waals surface area contributed by atoms with Crippen LogP contribution in [0.1, 0.15) is 11.4 Å². The van der Waals surface area contributed by atoms with E-state index in [1.807, 2.05) is 6.07 Å². The van der Waals surface area contributed by atoms with Gasteiger partial charge in [0.15, 0.2) is 11.4 Å². The summed E-state index contributed by atoms with van der Waals surface area (Å²) < 4.78 is 14.6. The zero-order valence-electron chi connectivity index (χ0n) is 8.55. The smallest absolute Gasteiger partial charge is 0.177 e. The Hall–Kier alpha value is -2.86. The average molecular weight is 227 g/mol. The number of benzene rings is 1. The number of halogens is 1. The molecule has 0 aliphatic carbocycles. The fourth-order valence-corrected chi connectivity index (χ4v) is 1.46. The van der Waals surface area contributed by atoms with Crippen LogP contribution in [0.15, 0.2) is 24.5 Å². The SMILES string of the molecule is N#Cc1ncn(-c2cccc(F)c2N)c1C#N. The molecule has 2 rings (SSSR count). The second-order valence-corrected chi connectivity index (χ2v) is 3.21. The van der Waals surface area contributed by atoms with Gasteiger partial charge < -0.3 is 5.73 Å². The molecule has 5 nitrogen and oxygen atoms in total. The molecule has 0 saturated heterocycles. The van der Waals surface area contributed by atoms with Crippen molar-refractivity contribution in [3.63, 3.8) is 0 Å². The maximum Gasteiger partial charge on any atom is 0.177 e. The van der Waals surface area contributed by atoms with Gasteiger partial charge in [0.25, 0.3) is 0 Å². The van der Waals surface area contributed by atoms with Crippen molar-refractivity contribution < 1.29 is 4.39 Å². The van der Waals surface area contributed by atoms with Crippen molar-refractivity contribution >= 4 is 5.69 Å². The van der Waals surface area contributed by atoms with E-state index in [2.05, 4.69) is 4.98 Å². The highest BCUT2D eigenvalue weighted by Gasteiger charge is 2.14. The molecule has 1 aromatic carbocycles. The van der Waals surface area contributed by atoms with E-state index in [0.29, 0.717) is 0 Å². The Balaban J connectivity index is 2.71. The number of hydrogen-bond acceptors (Lipinski definition) is 4. The van der Waals surface area contributed by atoms with Gasteiger partial charge in [-0.3, -0.25) is 4.57 Å². The Kier molecular flexibility index (Phi) is 2.48. The van der Waals surface area contributed by atoms with Crippen molar-refractivity contribution in [2.45, 2.75) is 0 Å². The highest BCUT2D eigenvalue weighted by Crippen LogP contribution is 2.22. The van der Waals surface area contributed by atoms with Crippen LogP contribution in [-0.4, -0.2) is 9.55 Å². The Morgan fingerprint density at radius 3 is 2.71 bits per heavy atom. The highest BCUT2D eigenvalue weighted by atomic mass is 19.1. The second kappa shape index (κ2) is 3.95. The largest absolute Gasteiger partial charge is 0.395 e. The summed E-state index contributed by atoms with van der Waals surface area (Å²) >= 11 is 0. The van der Waals surface area contributed by atoms with Crippen LogP contribution in [0.2, 0.25) is 0 Å². The van der Waals surface area contributed by atoms with Gasteiger partial charge in [-0.25, -0.2) is 9.37 Å². The van der Waals surface area contributed by atoms with E-state index in [1.165, 1.54) is 23.0 Å². The molecule has 0 fully saturated rings. The third-order valence-electron chi connectivity index (χ3n) is 2.27. The second-order valence-electron chi connectivity index (χ2n) is 3.21. The monoisotopic (exact) mass is 227 g/mol. The van der Waals surface area contributed by atoms with E-state index < -0.39 is 5.82 Å². The molecule has 17 heavy (non-hydrogen) atoms. The van der Waals surface area contributed by atoms with Crippen molar-refractivity contribution in [1.82, 2.24) is 9.55 Å². The lowest BCUT2D eigenvalue weighted by Crippen LogP contribution is -2.03. The van der Waals surface area contributed by atoms with Gasteiger partial charge in [-0.15, -0.1) is 0 Å². The van der Waals surface area contributed by atoms with E-state index in [9.17, 15) is 4.39 Å². The Bertz CT molecular complexity index is 659. The Labute approximate surface area is 96.1 Å². The first-order chi connectivity index (χ1) is 8.19. The molecule has 0 aliphatic rings. The van der Waals surface area contributed by atoms with Gasteiger partial charge in [-0.1, -0.05) is 6.07 Å². The van der Waals surface area contributed by atoms with E-state index in [-0.39, 0.29) is 22.8 Å². The molecule has 0 saturated carbocycles. The first kappa shape index (κ1) is 10.7. The van der Waals surface area contributed by atoms with Crippen LogP contribution in [0.5, 0.6) is 0 Å². The lowest BCUT2D eigenvalue weighted by Gasteiger charge is -2.07. The summed E-state index contributed by atoms with van der Waals surface area (Å²) in [5.41, 5.74) is 5.78. The molecule has 2 aromatic rings. The van der Waals surface area contributed by atoms with E-state index in [0.717, 1.165) is 0 Å². The molecule has 0 radical (unpaired) electrons. The molecule has 1 aromatic heterocycles. The molecule has 0 spiro atoms. The fourth-order valence-electron chi connectivity index (χ4n) is 1.46. The maximum absolute atomic E-state index is 13.3. The third-order valence-corrected chi connectivity index (χ3v) is 2.27. The molecule has 0 atom stereocenters. The van der Waals surface area contributed by atoms with Crippen molar-refractivity contribution in [1.29, 1.82) is 10.5 Å². The predicted octanol–water partition coefficient (Wildman–Crippen LogP) is 1.34. The molecule has 6 heteroatoms. The van der Waals surface area contributed by atoms with Crippen LogP contribution in [-0.2, 0) is 0 Å². The molecule has 0 aliphatic heterocycles. The molecule has 1 heterocycles. The minimum absolute atomic E-state index is 0.0174. The van der Waals surface area contributed by atoms with E-state index >= 15 is 0 Å². The van der Waals surface area contributed by atoms with Gasteiger partial charge in [-0.2, -0.15) is 10.5 Å². The van der Waals surface area contributed by atoms with Crippen molar-refractivity contribution in [3.8, 4) is 17.8 Å². The number of para-hydroxylation sites is 1. The van der Waals surface area contributed by atoms with Crippen molar-refractivity contribution in [3.05, 3.63) is 41.7 Å². The number of nitrogens with zero attached hydrogens (tertiary/aromatic N) is 4. The molecule has 0 amide bonds. The lowest BCUT2D eigenvalue weighted by atomic mass is 10.2. The lowest BCUT2D eigenvalue weighted by molar-refractivity contribution is 0.631. The number of rotatable bonds is 1. The number of nitrogens with two attached hydrogens (primary N) is 1. The summed E-state index contributed by atoms with van der Waals surface area (Å²) in [6, 6.07) is 7.85. The minimum atomic E-state index is -0.585. The number of nitrogen functional groups attached to an aromatic ring is 1. The van der Waals surface area contributed by atoms with Crippen molar-refractivity contribution in [2.75, 3.05) is 5.73 Å². The molecule has 2 N–H and O–H groups in total. The van der Waals surface area contributed by atoms with Crippen LogP contribution in [0, 0.1) is 28.5 Å². The Morgan fingerprint density at radius 2 is 2.06 bits per heavy atom. The first-order valence-electron chi connectivity index (χ1n) is 4.61. The van der Waals surface area contributed by atoms with Crippen LogP contribution >= 0.6 is 0 Å². The topological polar surface area (TPSA) is 91.4 Å². The minimum Gasteiger partial charge on any atom is -0.395 e. The quantitative estimate of drug-likeness (QED) is 0.744. The number of aromatic nitrogens is 2. The predicted molar refractivity (Wildman–Crippen MR) is 57.4 cm³/mol. The summed E-state index contributed by atoms with van der Waals surface area (Å²) in [6.45, 7) is 0. The third kappa shape index (κ3) is 1.58. The van der Waals surface area contributed by atoms with Crippen LogP contribution in [0.3, 0.4) is 0 Å². The highest BCUT2D eigenvalue weighted by molar-refractivity contribution is 5.60. The van der Waals surface area contributed by atoms with Gasteiger partial charge in [-0.05, 0) is 12.1 Å². The zero-order chi connectivity index (χ0) is 12.4. The summed E-state index contributed by atoms with van der Waals surface area (Å²) in [7, 11) is 0. The van der Waals surface area contributed by atoms with Gasteiger partial charge in [0.1, 0.15) is 24.3 Å². The molecule has 0 bridgehead atoms. The zero-order valence-corrected chi connectivity index (χ0v) is 8.55. The van der Waals surface area contributed by atoms with Crippen LogP contribution < -0.4 is 5.73 Å². The fraction of sp³-hybridized carbons (Fsp3) is 0. The molecular formula is C11H6FN5. The summed E-state index contributed by atoms with van der Waals surface area (Å²) in [5, 5.41) is 17.7. The number of anilines is 1. The van der Waals surface area contributed by atoms with Crippen LogP contribution in [0.25, 0.3) is 5.69 Å². The van der Waals surface area contributed by atoms with Gasteiger partial charge in [0, 0.05) is 0 Å². The maximum atomic E-state index is 13.3. The summed E-state index contributed by atoms with van der Waals surface area (Å²) in [5.74, 6) is -0.585. The molecular weight excluding hydrogens is 221 g/mol. The summed E-state index contributed by atoms with van der Waals surface area (Å²) in [4.78, 5) is 3.75. The molecule has 82 valence electrons. The summed E-state index contributed by atoms with van der Waals surface area (Å²) in [6.07, 6.45) is 1.27. The van der Waals surface area contributed by atoms with Gasteiger partial charge >= 0.3 is 0 Å². The van der Waals surface area contributed by atoms with Gasteiger partial charge in [0.2, 0.25) is 0 Å².